The number of hydrogen-bond donors (Lipinski definition) is 1. The van der Waals surface area contributed by atoms with Crippen LogP contribution in [0.3, 0.4) is 0 Å². The third-order valence-electron chi connectivity index (χ3n) is 3.28. The smallest absolute Gasteiger partial charge is 0.122 e. The first-order valence-corrected chi connectivity index (χ1v) is 5.34. The zero-order valence-electron chi connectivity index (χ0n) is 8.47. The molecule has 2 aliphatic heterocycles. The van der Waals surface area contributed by atoms with Gasteiger partial charge in [-0.3, -0.25) is 0 Å². The van der Waals surface area contributed by atoms with Gasteiger partial charge in [0.15, 0.2) is 0 Å². The molecule has 0 unspecified atom stereocenters. The summed E-state index contributed by atoms with van der Waals surface area (Å²) in [6, 6.07) is 5.12. The van der Waals surface area contributed by atoms with Crippen LogP contribution in [0.4, 0.5) is 0 Å². The van der Waals surface area contributed by atoms with Gasteiger partial charge in [0.2, 0.25) is 0 Å². The summed E-state index contributed by atoms with van der Waals surface area (Å²) in [6.07, 6.45) is 2.36. The maximum atomic E-state index is 5.55. The Morgan fingerprint density at radius 1 is 1.43 bits per heavy atom. The molecule has 0 spiro atoms. The van der Waals surface area contributed by atoms with Gasteiger partial charge in [-0.1, -0.05) is 6.07 Å². The van der Waals surface area contributed by atoms with Crippen LogP contribution in [-0.2, 0) is 6.42 Å². The molecule has 0 saturated carbocycles. The summed E-state index contributed by atoms with van der Waals surface area (Å²) < 4.78 is 5.55. The molecule has 1 fully saturated rings. The average Bonchev–Trinajstić information content (AvgIpc) is 2.48. The Kier molecular flexibility index (Phi) is 1.77. The van der Waals surface area contributed by atoms with Crippen molar-refractivity contribution >= 4 is 0 Å². The van der Waals surface area contributed by atoms with Crippen LogP contribution >= 0.6 is 0 Å². The van der Waals surface area contributed by atoms with E-state index in [1.807, 2.05) is 0 Å². The fourth-order valence-corrected chi connectivity index (χ4v) is 2.28. The normalized spacial score (nSPS) is 23.9. The molecule has 1 aromatic rings. The maximum Gasteiger partial charge on any atom is 0.122 e. The van der Waals surface area contributed by atoms with E-state index < -0.39 is 0 Å². The molecule has 0 aliphatic carbocycles. The lowest BCUT2D eigenvalue weighted by molar-refractivity contribution is 0.356. The second kappa shape index (κ2) is 2.99. The Hall–Kier alpha value is -1.02. The summed E-state index contributed by atoms with van der Waals surface area (Å²) in [5, 5.41) is 3.45. The molecular formula is C12H15NO. The van der Waals surface area contributed by atoms with E-state index in [-0.39, 0.29) is 0 Å². The molecule has 0 bridgehead atoms. The van der Waals surface area contributed by atoms with Crippen LogP contribution in [-0.4, -0.2) is 13.2 Å². The summed E-state index contributed by atoms with van der Waals surface area (Å²) in [4.78, 5) is 0. The van der Waals surface area contributed by atoms with Gasteiger partial charge < -0.3 is 10.1 Å². The predicted octanol–water partition coefficient (Wildman–Crippen LogP) is 1.96. The van der Waals surface area contributed by atoms with E-state index in [9.17, 15) is 0 Å². The number of rotatable bonds is 1. The van der Waals surface area contributed by atoms with E-state index in [0.29, 0.717) is 6.04 Å². The highest BCUT2D eigenvalue weighted by Gasteiger charge is 2.23. The lowest BCUT2D eigenvalue weighted by Crippen LogP contribution is -2.35. The van der Waals surface area contributed by atoms with Gasteiger partial charge in [-0.15, -0.1) is 0 Å². The lowest BCUT2D eigenvalue weighted by Gasteiger charge is -2.29. The van der Waals surface area contributed by atoms with Gasteiger partial charge in [0.1, 0.15) is 5.75 Å². The van der Waals surface area contributed by atoms with Crippen molar-refractivity contribution < 1.29 is 4.74 Å². The van der Waals surface area contributed by atoms with Crippen LogP contribution in [0.1, 0.15) is 29.2 Å². The molecule has 2 nitrogen and oxygen atoms in total. The number of ether oxygens (including phenoxy) is 1. The summed E-state index contributed by atoms with van der Waals surface area (Å²) in [7, 11) is 0. The molecule has 1 N–H and O–H groups in total. The molecule has 0 radical (unpaired) electrons. The van der Waals surface area contributed by atoms with Gasteiger partial charge in [-0.25, -0.2) is 0 Å². The third kappa shape index (κ3) is 1.14. The number of nitrogens with one attached hydrogen (secondary N) is 1. The van der Waals surface area contributed by atoms with Gasteiger partial charge in [-0.2, -0.15) is 0 Å². The fraction of sp³-hybridized carbons (Fsp3) is 0.500. The van der Waals surface area contributed by atoms with Gasteiger partial charge in [0.25, 0.3) is 0 Å². The summed E-state index contributed by atoms with van der Waals surface area (Å²) in [5.41, 5.74) is 4.22. The summed E-state index contributed by atoms with van der Waals surface area (Å²) in [5.74, 6) is 1.10. The van der Waals surface area contributed by atoms with Crippen LogP contribution in [0.5, 0.6) is 5.75 Å². The van der Waals surface area contributed by atoms with Crippen LogP contribution in [0.25, 0.3) is 0 Å². The van der Waals surface area contributed by atoms with Crippen molar-refractivity contribution in [3.05, 3.63) is 28.8 Å². The second-order valence-electron chi connectivity index (χ2n) is 4.21. The highest BCUT2D eigenvalue weighted by Crippen LogP contribution is 2.33. The fourth-order valence-electron chi connectivity index (χ4n) is 2.28. The Morgan fingerprint density at radius 3 is 3.00 bits per heavy atom. The summed E-state index contributed by atoms with van der Waals surface area (Å²) in [6.45, 7) is 4.20. The van der Waals surface area contributed by atoms with Gasteiger partial charge >= 0.3 is 0 Å². The van der Waals surface area contributed by atoms with E-state index >= 15 is 0 Å². The topological polar surface area (TPSA) is 21.3 Å². The van der Waals surface area contributed by atoms with Crippen LogP contribution in [0.2, 0.25) is 0 Å². The van der Waals surface area contributed by atoms with Gasteiger partial charge in [-0.05, 0) is 42.6 Å². The van der Waals surface area contributed by atoms with E-state index in [2.05, 4.69) is 24.4 Å². The first-order chi connectivity index (χ1) is 6.84. The minimum Gasteiger partial charge on any atom is -0.493 e. The molecule has 1 saturated heterocycles. The van der Waals surface area contributed by atoms with Crippen LogP contribution in [0, 0.1) is 6.92 Å². The molecule has 2 aliphatic rings. The second-order valence-corrected chi connectivity index (χ2v) is 4.21. The molecule has 0 aromatic heterocycles. The molecule has 3 rings (SSSR count). The van der Waals surface area contributed by atoms with Crippen molar-refractivity contribution in [2.45, 2.75) is 25.8 Å². The van der Waals surface area contributed by atoms with Crippen LogP contribution < -0.4 is 10.1 Å². The SMILES string of the molecule is Cc1cc2c(cc1[C@H]1CCN1)CCO2. The monoisotopic (exact) mass is 189 g/mol. The van der Waals surface area contributed by atoms with Crippen molar-refractivity contribution in [2.75, 3.05) is 13.2 Å². The Morgan fingerprint density at radius 2 is 2.29 bits per heavy atom. The highest BCUT2D eigenvalue weighted by molar-refractivity contribution is 5.45. The first-order valence-electron chi connectivity index (χ1n) is 5.34. The largest absolute Gasteiger partial charge is 0.493 e. The van der Waals surface area contributed by atoms with E-state index in [1.165, 1.54) is 23.1 Å². The number of benzene rings is 1. The molecule has 0 amide bonds. The van der Waals surface area contributed by atoms with Crippen LogP contribution in [0.15, 0.2) is 12.1 Å². The standard InChI is InChI=1S/C12H15NO/c1-8-6-12-9(3-5-14-12)7-10(8)11-2-4-13-11/h6-7,11,13H,2-5H2,1H3/t11-/m1/s1. The molecule has 1 atom stereocenters. The lowest BCUT2D eigenvalue weighted by atomic mass is 9.92. The van der Waals surface area contributed by atoms with Gasteiger partial charge in [0, 0.05) is 12.5 Å². The zero-order valence-corrected chi connectivity index (χ0v) is 8.47. The van der Waals surface area contributed by atoms with Crippen molar-refractivity contribution in [2.24, 2.45) is 0 Å². The van der Waals surface area contributed by atoms with E-state index in [4.69, 9.17) is 4.74 Å². The molecule has 14 heavy (non-hydrogen) atoms. The van der Waals surface area contributed by atoms with Crippen molar-refractivity contribution in [1.29, 1.82) is 0 Å². The molecule has 2 heteroatoms. The number of fused-ring (bicyclic) bond motifs is 1. The minimum absolute atomic E-state index is 0.598. The number of aryl methyl sites for hydroxylation is 1. The Bertz CT molecular complexity index is 369. The van der Waals surface area contributed by atoms with Gasteiger partial charge in [0.05, 0.1) is 6.61 Å². The number of hydrogen-bond acceptors (Lipinski definition) is 2. The Labute approximate surface area is 84.3 Å². The average molecular weight is 189 g/mol. The first kappa shape index (κ1) is 8.30. The zero-order chi connectivity index (χ0) is 9.54. The third-order valence-corrected chi connectivity index (χ3v) is 3.28. The minimum atomic E-state index is 0.598. The molecule has 2 heterocycles. The van der Waals surface area contributed by atoms with E-state index in [0.717, 1.165) is 25.3 Å². The molecule has 74 valence electrons. The summed E-state index contributed by atoms with van der Waals surface area (Å²) >= 11 is 0. The maximum absolute atomic E-state index is 5.55. The molecular weight excluding hydrogens is 174 g/mol. The van der Waals surface area contributed by atoms with Crippen molar-refractivity contribution in [1.82, 2.24) is 5.32 Å². The highest BCUT2D eigenvalue weighted by atomic mass is 16.5. The van der Waals surface area contributed by atoms with E-state index in [1.54, 1.807) is 0 Å². The Balaban J connectivity index is 2.03. The van der Waals surface area contributed by atoms with Crippen molar-refractivity contribution in [3.8, 4) is 5.75 Å². The molecule has 1 aromatic carbocycles. The quantitative estimate of drug-likeness (QED) is 0.729. The van der Waals surface area contributed by atoms with Crippen molar-refractivity contribution in [3.63, 3.8) is 0 Å². The predicted molar refractivity (Wildman–Crippen MR) is 55.7 cm³/mol.